The molecule has 0 rings (SSSR count). The zero-order valence-electron chi connectivity index (χ0n) is 8.52. The maximum atomic E-state index is 10.5. The monoisotopic (exact) mass is 199 g/mol. The summed E-state index contributed by atoms with van der Waals surface area (Å²) in [5, 5.41) is 10.5. The van der Waals surface area contributed by atoms with E-state index < -0.39 is 6.04 Å². The average molecular weight is 199 g/mol. The summed E-state index contributed by atoms with van der Waals surface area (Å²) in [5.74, 6) is 0. The average Bonchev–Trinajstić information content (AvgIpc) is 2.16. The molecule has 0 radical (unpaired) electrons. The Bertz CT molecular complexity index is 202. The zero-order valence-corrected chi connectivity index (χ0v) is 8.52. The molecule has 0 fully saturated rings. The van der Waals surface area contributed by atoms with Crippen molar-refractivity contribution >= 4 is 6.29 Å². The molecule has 4 heteroatoms. The molecular formula is C10H17NO3. The molecule has 0 N–H and O–H groups in total. The molecule has 0 amide bonds. The molecule has 0 saturated heterocycles. The highest BCUT2D eigenvalue weighted by molar-refractivity contribution is 5.49. The summed E-state index contributed by atoms with van der Waals surface area (Å²) in [7, 11) is 0. The van der Waals surface area contributed by atoms with Crippen LogP contribution in [0, 0.1) is 10.1 Å². The first-order valence-electron chi connectivity index (χ1n) is 4.94. The van der Waals surface area contributed by atoms with Gasteiger partial charge in [0.1, 0.15) is 6.29 Å². The second-order valence-corrected chi connectivity index (χ2v) is 3.14. The first-order valence-corrected chi connectivity index (χ1v) is 4.94. The second kappa shape index (κ2) is 8.41. The van der Waals surface area contributed by atoms with Gasteiger partial charge in [0.05, 0.1) is 0 Å². The van der Waals surface area contributed by atoms with Crippen molar-refractivity contribution in [2.75, 3.05) is 0 Å². The third kappa shape index (κ3) is 6.34. The van der Waals surface area contributed by atoms with Gasteiger partial charge in [-0.2, -0.15) is 0 Å². The Labute approximate surface area is 84.1 Å². The molecule has 80 valence electrons. The molecule has 0 bridgehead atoms. The maximum Gasteiger partial charge on any atom is 0.213 e. The van der Waals surface area contributed by atoms with Crippen LogP contribution in [0.3, 0.4) is 0 Å². The van der Waals surface area contributed by atoms with Gasteiger partial charge < -0.3 is 4.79 Å². The smallest absolute Gasteiger partial charge is 0.213 e. The topological polar surface area (TPSA) is 60.2 Å². The summed E-state index contributed by atoms with van der Waals surface area (Å²) in [5.41, 5.74) is 0. The number of allylic oxidation sites excluding steroid dienone is 2. The predicted octanol–water partition coefficient (Wildman–Crippen LogP) is 2.36. The normalized spacial score (nSPS) is 12.9. The van der Waals surface area contributed by atoms with Gasteiger partial charge in [0, 0.05) is 24.2 Å². The van der Waals surface area contributed by atoms with Gasteiger partial charge in [-0.1, -0.05) is 19.1 Å². The molecule has 0 aliphatic heterocycles. The number of hydrogen-bond donors (Lipinski definition) is 0. The molecule has 14 heavy (non-hydrogen) atoms. The summed E-state index contributed by atoms with van der Waals surface area (Å²) < 4.78 is 0. The molecule has 0 aromatic heterocycles. The van der Waals surface area contributed by atoms with E-state index in [2.05, 4.69) is 0 Å². The van der Waals surface area contributed by atoms with Crippen molar-refractivity contribution in [2.24, 2.45) is 0 Å². The fraction of sp³-hybridized carbons (Fsp3) is 0.700. The van der Waals surface area contributed by atoms with E-state index in [1.54, 1.807) is 0 Å². The molecule has 1 atom stereocenters. The van der Waals surface area contributed by atoms with E-state index in [0.717, 1.165) is 19.1 Å². The number of carbonyl (C=O) groups excluding carboxylic acids is 1. The Morgan fingerprint density at radius 2 is 1.93 bits per heavy atom. The maximum absolute atomic E-state index is 10.5. The van der Waals surface area contributed by atoms with Gasteiger partial charge in [-0.25, -0.2) is 0 Å². The summed E-state index contributed by atoms with van der Waals surface area (Å²) in [6.07, 6.45) is 7.53. The van der Waals surface area contributed by atoms with Crippen LogP contribution < -0.4 is 0 Å². The number of nitrogens with zero attached hydrogens (tertiary/aromatic N) is 1. The molecule has 4 nitrogen and oxygen atoms in total. The Morgan fingerprint density at radius 1 is 1.29 bits per heavy atom. The van der Waals surface area contributed by atoms with Crippen LogP contribution in [0.2, 0.25) is 0 Å². The number of hydrogen-bond acceptors (Lipinski definition) is 3. The van der Waals surface area contributed by atoms with Gasteiger partial charge in [-0.3, -0.25) is 10.1 Å². The first kappa shape index (κ1) is 12.8. The molecule has 0 aliphatic carbocycles. The van der Waals surface area contributed by atoms with E-state index in [-0.39, 0.29) is 11.3 Å². The minimum atomic E-state index is -0.568. The Balaban J connectivity index is 3.78. The van der Waals surface area contributed by atoms with Crippen molar-refractivity contribution in [2.45, 2.75) is 45.1 Å². The molecule has 0 heterocycles. The van der Waals surface area contributed by atoms with Crippen molar-refractivity contribution in [1.29, 1.82) is 0 Å². The Morgan fingerprint density at radius 3 is 2.43 bits per heavy atom. The third-order valence-electron chi connectivity index (χ3n) is 1.98. The van der Waals surface area contributed by atoms with Gasteiger partial charge in [-0.15, -0.1) is 0 Å². The Hall–Kier alpha value is -1.19. The summed E-state index contributed by atoms with van der Waals surface area (Å²) in [6.45, 7) is 2.02. The van der Waals surface area contributed by atoms with Crippen LogP contribution in [0.15, 0.2) is 12.2 Å². The lowest BCUT2D eigenvalue weighted by Gasteiger charge is -2.05. The largest absolute Gasteiger partial charge is 0.303 e. The quantitative estimate of drug-likeness (QED) is 0.261. The SMILES string of the molecule is CC/C=C\CCC(CCC=O)[N+](=O)[O-]. The van der Waals surface area contributed by atoms with E-state index in [0.29, 0.717) is 12.8 Å². The van der Waals surface area contributed by atoms with Crippen molar-refractivity contribution in [3.05, 3.63) is 22.3 Å². The first-order chi connectivity index (χ1) is 6.72. The van der Waals surface area contributed by atoms with Gasteiger partial charge in [0.25, 0.3) is 0 Å². The van der Waals surface area contributed by atoms with Crippen LogP contribution in [0.4, 0.5) is 0 Å². The van der Waals surface area contributed by atoms with Crippen molar-refractivity contribution in [3.8, 4) is 0 Å². The highest BCUT2D eigenvalue weighted by atomic mass is 16.6. The van der Waals surface area contributed by atoms with Gasteiger partial charge in [-0.05, 0) is 12.8 Å². The molecule has 0 aromatic carbocycles. The second-order valence-electron chi connectivity index (χ2n) is 3.14. The predicted molar refractivity (Wildman–Crippen MR) is 54.7 cm³/mol. The molecular weight excluding hydrogens is 182 g/mol. The van der Waals surface area contributed by atoms with Gasteiger partial charge in [0.15, 0.2) is 0 Å². The lowest BCUT2D eigenvalue weighted by Crippen LogP contribution is -2.19. The molecule has 1 unspecified atom stereocenters. The Kier molecular flexibility index (Phi) is 7.70. The lowest BCUT2D eigenvalue weighted by atomic mass is 10.1. The summed E-state index contributed by atoms with van der Waals surface area (Å²) in [4.78, 5) is 20.3. The standard InChI is InChI=1S/C10H17NO3/c1-2-3-4-5-7-10(11(13)14)8-6-9-12/h3-4,9-10H,2,5-8H2,1H3/b4-3-. The molecule has 0 spiro atoms. The third-order valence-corrected chi connectivity index (χ3v) is 1.98. The fourth-order valence-corrected chi connectivity index (χ4v) is 1.19. The number of aldehydes is 1. The van der Waals surface area contributed by atoms with Crippen molar-refractivity contribution < 1.29 is 9.72 Å². The van der Waals surface area contributed by atoms with Gasteiger partial charge in [0.2, 0.25) is 6.04 Å². The van der Waals surface area contributed by atoms with E-state index >= 15 is 0 Å². The number of nitro groups is 1. The van der Waals surface area contributed by atoms with E-state index in [1.807, 2.05) is 19.1 Å². The van der Waals surface area contributed by atoms with Crippen LogP contribution >= 0.6 is 0 Å². The molecule has 0 aliphatic rings. The zero-order chi connectivity index (χ0) is 10.8. The summed E-state index contributed by atoms with van der Waals surface area (Å²) >= 11 is 0. The highest BCUT2D eigenvalue weighted by Gasteiger charge is 2.17. The van der Waals surface area contributed by atoms with Crippen molar-refractivity contribution in [1.82, 2.24) is 0 Å². The number of carbonyl (C=O) groups is 1. The number of rotatable bonds is 8. The van der Waals surface area contributed by atoms with E-state index in [4.69, 9.17) is 0 Å². The lowest BCUT2D eigenvalue weighted by molar-refractivity contribution is -0.524. The van der Waals surface area contributed by atoms with E-state index in [9.17, 15) is 14.9 Å². The fourth-order valence-electron chi connectivity index (χ4n) is 1.19. The highest BCUT2D eigenvalue weighted by Crippen LogP contribution is 2.08. The minimum Gasteiger partial charge on any atom is -0.303 e. The van der Waals surface area contributed by atoms with Crippen LogP contribution in [0.25, 0.3) is 0 Å². The summed E-state index contributed by atoms with van der Waals surface area (Å²) in [6, 6.07) is -0.568. The molecule has 0 saturated carbocycles. The van der Waals surface area contributed by atoms with Crippen LogP contribution in [-0.2, 0) is 4.79 Å². The van der Waals surface area contributed by atoms with Crippen LogP contribution in [0.5, 0.6) is 0 Å². The minimum absolute atomic E-state index is 0.281. The van der Waals surface area contributed by atoms with Crippen LogP contribution in [-0.4, -0.2) is 17.3 Å². The van der Waals surface area contributed by atoms with Crippen LogP contribution in [0.1, 0.15) is 39.0 Å². The van der Waals surface area contributed by atoms with Crippen molar-refractivity contribution in [3.63, 3.8) is 0 Å². The van der Waals surface area contributed by atoms with E-state index in [1.165, 1.54) is 0 Å². The molecule has 0 aromatic rings. The van der Waals surface area contributed by atoms with Gasteiger partial charge >= 0.3 is 0 Å².